The van der Waals surface area contributed by atoms with Crippen LogP contribution in [0.2, 0.25) is 0 Å². The highest BCUT2D eigenvalue weighted by Crippen LogP contribution is 2.31. The highest BCUT2D eigenvalue weighted by molar-refractivity contribution is 5.30. The number of aliphatic hydroxyl groups is 1. The molecule has 0 fully saturated rings. The standard InChI is InChI=1S/C12H13F3O2/c1-2-4-10(16)8-17-11-6-3-5-9(7-11)12(13,14)15/h2-3,5-7,10,16H,1,4,8H2. The van der Waals surface area contributed by atoms with E-state index in [4.69, 9.17) is 4.74 Å². The van der Waals surface area contributed by atoms with Crippen molar-refractivity contribution < 1.29 is 23.0 Å². The highest BCUT2D eigenvalue weighted by atomic mass is 19.4. The average molecular weight is 246 g/mol. The third kappa shape index (κ3) is 4.48. The summed E-state index contributed by atoms with van der Waals surface area (Å²) in [7, 11) is 0. The summed E-state index contributed by atoms with van der Waals surface area (Å²) < 4.78 is 42.2. The Balaban J connectivity index is 2.63. The molecule has 0 amide bonds. The Morgan fingerprint density at radius 1 is 1.41 bits per heavy atom. The average Bonchev–Trinajstić information content (AvgIpc) is 2.26. The number of rotatable bonds is 5. The van der Waals surface area contributed by atoms with E-state index in [1.165, 1.54) is 18.2 Å². The number of aliphatic hydroxyl groups excluding tert-OH is 1. The monoisotopic (exact) mass is 246 g/mol. The second-order valence-electron chi connectivity index (χ2n) is 3.51. The van der Waals surface area contributed by atoms with Crippen molar-refractivity contribution in [2.45, 2.75) is 18.7 Å². The number of alkyl halides is 3. The number of hydrogen-bond acceptors (Lipinski definition) is 2. The van der Waals surface area contributed by atoms with E-state index in [9.17, 15) is 18.3 Å². The van der Waals surface area contributed by atoms with Crippen LogP contribution < -0.4 is 4.74 Å². The molecule has 0 spiro atoms. The second kappa shape index (κ2) is 5.72. The molecule has 0 bridgehead atoms. The quantitative estimate of drug-likeness (QED) is 0.809. The molecule has 0 radical (unpaired) electrons. The lowest BCUT2D eigenvalue weighted by Crippen LogP contribution is -2.16. The first-order valence-electron chi connectivity index (χ1n) is 5.02. The van der Waals surface area contributed by atoms with Crippen LogP contribution in [0.15, 0.2) is 36.9 Å². The minimum Gasteiger partial charge on any atom is -0.491 e. The van der Waals surface area contributed by atoms with Crippen molar-refractivity contribution in [2.24, 2.45) is 0 Å². The molecule has 1 atom stereocenters. The first-order valence-corrected chi connectivity index (χ1v) is 5.02. The molecule has 0 saturated heterocycles. The van der Waals surface area contributed by atoms with E-state index < -0.39 is 17.8 Å². The van der Waals surface area contributed by atoms with Gasteiger partial charge in [-0.3, -0.25) is 0 Å². The van der Waals surface area contributed by atoms with Gasteiger partial charge in [0.15, 0.2) is 0 Å². The summed E-state index contributed by atoms with van der Waals surface area (Å²) in [6.45, 7) is 3.38. The van der Waals surface area contributed by atoms with Crippen molar-refractivity contribution in [2.75, 3.05) is 6.61 Å². The maximum absolute atomic E-state index is 12.4. The molecule has 1 unspecified atom stereocenters. The molecule has 5 heteroatoms. The van der Waals surface area contributed by atoms with Crippen LogP contribution in [0.5, 0.6) is 5.75 Å². The Kier molecular flexibility index (Phi) is 4.57. The topological polar surface area (TPSA) is 29.5 Å². The molecule has 17 heavy (non-hydrogen) atoms. The summed E-state index contributed by atoms with van der Waals surface area (Å²) in [6, 6.07) is 4.54. The first kappa shape index (κ1) is 13.6. The van der Waals surface area contributed by atoms with Crippen molar-refractivity contribution in [1.29, 1.82) is 0 Å². The SMILES string of the molecule is C=CCC(O)COc1cccc(C(F)(F)F)c1. The van der Waals surface area contributed by atoms with Gasteiger partial charge < -0.3 is 9.84 Å². The number of hydrogen-bond donors (Lipinski definition) is 1. The zero-order valence-corrected chi connectivity index (χ0v) is 9.07. The molecule has 0 aliphatic carbocycles. The summed E-state index contributed by atoms with van der Waals surface area (Å²) in [4.78, 5) is 0. The van der Waals surface area contributed by atoms with E-state index in [0.29, 0.717) is 6.42 Å². The molecular formula is C12H13F3O2. The van der Waals surface area contributed by atoms with Crippen molar-refractivity contribution in [1.82, 2.24) is 0 Å². The highest BCUT2D eigenvalue weighted by Gasteiger charge is 2.30. The molecule has 94 valence electrons. The first-order chi connectivity index (χ1) is 7.93. The fourth-order valence-corrected chi connectivity index (χ4v) is 1.22. The molecule has 1 aromatic carbocycles. The normalized spacial score (nSPS) is 13.2. The summed E-state index contributed by atoms with van der Waals surface area (Å²) in [5, 5.41) is 9.32. The van der Waals surface area contributed by atoms with Gasteiger partial charge >= 0.3 is 6.18 Å². The Morgan fingerprint density at radius 3 is 2.71 bits per heavy atom. The van der Waals surface area contributed by atoms with Gasteiger partial charge in [0.25, 0.3) is 0 Å². The number of benzene rings is 1. The lowest BCUT2D eigenvalue weighted by molar-refractivity contribution is -0.137. The third-order valence-electron chi connectivity index (χ3n) is 2.04. The number of ether oxygens (including phenoxy) is 1. The smallest absolute Gasteiger partial charge is 0.416 e. The van der Waals surface area contributed by atoms with Crippen LogP contribution in [-0.2, 0) is 6.18 Å². The maximum Gasteiger partial charge on any atom is 0.416 e. The fraction of sp³-hybridized carbons (Fsp3) is 0.333. The molecule has 0 saturated carbocycles. The largest absolute Gasteiger partial charge is 0.491 e. The van der Waals surface area contributed by atoms with Crippen LogP contribution in [-0.4, -0.2) is 17.8 Å². The fourth-order valence-electron chi connectivity index (χ4n) is 1.22. The van der Waals surface area contributed by atoms with E-state index in [1.807, 2.05) is 0 Å². The second-order valence-corrected chi connectivity index (χ2v) is 3.51. The van der Waals surface area contributed by atoms with Crippen LogP contribution in [0, 0.1) is 0 Å². The van der Waals surface area contributed by atoms with Crippen molar-refractivity contribution in [3.8, 4) is 5.75 Å². The molecule has 0 aromatic heterocycles. The molecule has 0 aliphatic rings. The predicted octanol–water partition coefficient (Wildman–Crippen LogP) is 3.02. The van der Waals surface area contributed by atoms with E-state index in [0.717, 1.165) is 12.1 Å². The van der Waals surface area contributed by atoms with Gasteiger partial charge in [0.1, 0.15) is 12.4 Å². The minimum atomic E-state index is -4.39. The minimum absolute atomic E-state index is 0.0622. The lowest BCUT2D eigenvalue weighted by Gasteiger charge is -2.12. The van der Waals surface area contributed by atoms with Gasteiger partial charge in [-0.2, -0.15) is 13.2 Å². The Labute approximate surface area is 97.3 Å². The lowest BCUT2D eigenvalue weighted by atomic mass is 10.2. The van der Waals surface area contributed by atoms with Crippen molar-refractivity contribution in [3.63, 3.8) is 0 Å². The van der Waals surface area contributed by atoms with Gasteiger partial charge in [-0.05, 0) is 24.6 Å². The van der Waals surface area contributed by atoms with Crippen LogP contribution in [0.4, 0.5) is 13.2 Å². The van der Waals surface area contributed by atoms with Crippen LogP contribution in [0.1, 0.15) is 12.0 Å². The number of halogens is 3. The third-order valence-corrected chi connectivity index (χ3v) is 2.04. The van der Waals surface area contributed by atoms with Gasteiger partial charge in [0.2, 0.25) is 0 Å². The summed E-state index contributed by atoms with van der Waals surface area (Å²) in [6.07, 6.45) is -3.31. The molecule has 0 aliphatic heterocycles. The maximum atomic E-state index is 12.4. The van der Waals surface area contributed by atoms with Gasteiger partial charge in [0, 0.05) is 0 Å². The Bertz CT molecular complexity index is 374. The van der Waals surface area contributed by atoms with Gasteiger partial charge in [-0.15, -0.1) is 6.58 Å². The molecule has 0 heterocycles. The molecule has 1 rings (SSSR count). The zero-order valence-electron chi connectivity index (χ0n) is 9.07. The Hall–Kier alpha value is -1.49. The van der Waals surface area contributed by atoms with Gasteiger partial charge in [0.05, 0.1) is 11.7 Å². The summed E-state index contributed by atoms with van der Waals surface area (Å²) in [5.41, 5.74) is -0.770. The zero-order chi connectivity index (χ0) is 12.9. The van der Waals surface area contributed by atoms with E-state index in [2.05, 4.69) is 6.58 Å². The molecule has 2 nitrogen and oxygen atoms in total. The predicted molar refractivity (Wildman–Crippen MR) is 57.8 cm³/mol. The van der Waals surface area contributed by atoms with Crippen LogP contribution >= 0.6 is 0 Å². The van der Waals surface area contributed by atoms with Crippen molar-refractivity contribution in [3.05, 3.63) is 42.5 Å². The van der Waals surface area contributed by atoms with Crippen LogP contribution in [0.3, 0.4) is 0 Å². The molecule has 1 N–H and O–H groups in total. The molecule has 1 aromatic rings. The van der Waals surface area contributed by atoms with E-state index in [-0.39, 0.29) is 12.4 Å². The summed E-state index contributed by atoms with van der Waals surface area (Å²) >= 11 is 0. The van der Waals surface area contributed by atoms with Crippen LogP contribution in [0.25, 0.3) is 0 Å². The molecular weight excluding hydrogens is 233 g/mol. The summed E-state index contributed by atoms with van der Waals surface area (Å²) in [5.74, 6) is 0.0861. The van der Waals surface area contributed by atoms with Crippen molar-refractivity contribution >= 4 is 0 Å². The Morgan fingerprint density at radius 2 is 2.12 bits per heavy atom. The van der Waals surface area contributed by atoms with Gasteiger partial charge in [-0.25, -0.2) is 0 Å². The van der Waals surface area contributed by atoms with E-state index >= 15 is 0 Å². The van der Waals surface area contributed by atoms with E-state index in [1.54, 1.807) is 0 Å². The van der Waals surface area contributed by atoms with Gasteiger partial charge in [-0.1, -0.05) is 12.1 Å².